The number of nitrogens with one attached hydrogen (secondary N) is 1. The number of hydrogen-bond acceptors (Lipinski definition) is 3. The normalized spacial score (nSPS) is 19.8. The molecule has 1 aromatic carbocycles. The van der Waals surface area contributed by atoms with Crippen LogP contribution in [0.3, 0.4) is 0 Å². The summed E-state index contributed by atoms with van der Waals surface area (Å²) >= 11 is 0. The van der Waals surface area contributed by atoms with Crippen LogP contribution in [-0.4, -0.2) is 36.2 Å². The number of ether oxygens (including phenoxy) is 1. The lowest BCUT2D eigenvalue weighted by atomic mass is 10.00. The van der Waals surface area contributed by atoms with Gasteiger partial charge in [0.25, 0.3) is 0 Å². The van der Waals surface area contributed by atoms with Crippen LogP contribution in [0, 0.1) is 6.92 Å². The van der Waals surface area contributed by atoms with Crippen LogP contribution in [0.25, 0.3) is 0 Å². The Balaban J connectivity index is 2.06. The largest absolute Gasteiger partial charge is 0.444 e. The zero-order chi connectivity index (χ0) is 14.8. The Kier molecular flexibility index (Phi) is 4.33. The number of piperazine rings is 1. The number of carbonyl (C=O) groups excluding carboxylic acids is 1. The summed E-state index contributed by atoms with van der Waals surface area (Å²) in [7, 11) is 0. The fourth-order valence-electron chi connectivity index (χ4n) is 2.43. The highest BCUT2D eigenvalue weighted by molar-refractivity contribution is 5.68. The Morgan fingerprint density at radius 3 is 2.70 bits per heavy atom. The van der Waals surface area contributed by atoms with E-state index >= 15 is 0 Å². The number of rotatable bonds is 1. The van der Waals surface area contributed by atoms with Gasteiger partial charge >= 0.3 is 6.09 Å². The van der Waals surface area contributed by atoms with Crippen LogP contribution in [-0.2, 0) is 4.74 Å². The van der Waals surface area contributed by atoms with Gasteiger partial charge in [0.15, 0.2) is 0 Å². The van der Waals surface area contributed by atoms with Crippen molar-refractivity contribution in [2.45, 2.75) is 39.3 Å². The molecule has 20 heavy (non-hydrogen) atoms. The molecule has 1 fully saturated rings. The van der Waals surface area contributed by atoms with E-state index in [4.69, 9.17) is 4.74 Å². The molecule has 2 rings (SSSR count). The quantitative estimate of drug-likeness (QED) is 0.857. The van der Waals surface area contributed by atoms with Crippen LogP contribution in [0.4, 0.5) is 4.79 Å². The van der Waals surface area contributed by atoms with Gasteiger partial charge in [-0.25, -0.2) is 4.79 Å². The standard InChI is InChI=1S/C16H24N2O2/c1-12-7-5-6-8-13(12)14-11-18(10-9-17-14)15(19)20-16(2,3)4/h5-8,14,17H,9-11H2,1-4H3/t14-/m1/s1. The van der Waals surface area contributed by atoms with Crippen LogP contribution in [0.1, 0.15) is 37.9 Å². The van der Waals surface area contributed by atoms with Gasteiger partial charge in [0.1, 0.15) is 5.60 Å². The van der Waals surface area contributed by atoms with Gasteiger partial charge in [0.05, 0.1) is 6.04 Å². The SMILES string of the molecule is Cc1ccccc1[C@H]1CN(C(=O)OC(C)(C)C)CCN1. The molecule has 1 aliphatic heterocycles. The van der Waals surface area contributed by atoms with Crippen molar-refractivity contribution < 1.29 is 9.53 Å². The van der Waals surface area contributed by atoms with E-state index in [0.29, 0.717) is 13.1 Å². The molecule has 0 bridgehead atoms. The van der Waals surface area contributed by atoms with E-state index in [1.54, 1.807) is 4.90 Å². The van der Waals surface area contributed by atoms with Crippen molar-refractivity contribution in [1.29, 1.82) is 0 Å². The van der Waals surface area contributed by atoms with Crippen LogP contribution >= 0.6 is 0 Å². The average Bonchev–Trinajstić information content (AvgIpc) is 2.37. The number of amides is 1. The first-order valence-corrected chi connectivity index (χ1v) is 7.13. The Morgan fingerprint density at radius 2 is 2.05 bits per heavy atom. The van der Waals surface area contributed by atoms with Crippen molar-refractivity contribution in [2.75, 3.05) is 19.6 Å². The molecule has 1 N–H and O–H groups in total. The smallest absolute Gasteiger partial charge is 0.410 e. The van der Waals surface area contributed by atoms with Crippen LogP contribution in [0.5, 0.6) is 0 Å². The zero-order valence-corrected chi connectivity index (χ0v) is 12.8. The van der Waals surface area contributed by atoms with Gasteiger partial charge in [0, 0.05) is 19.6 Å². The van der Waals surface area contributed by atoms with Crippen molar-refractivity contribution in [2.24, 2.45) is 0 Å². The third kappa shape index (κ3) is 3.73. The molecule has 0 spiro atoms. The minimum atomic E-state index is -0.444. The monoisotopic (exact) mass is 276 g/mol. The van der Waals surface area contributed by atoms with Crippen molar-refractivity contribution in [3.05, 3.63) is 35.4 Å². The molecule has 0 aliphatic carbocycles. The molecule has 1 atom stereocenters. The fourth-order valence-corrected chi connectivity index (χ4v) is 2.43. The van der Waals surface area contributed by atoms with Gasteiger partial charge in [-0.05, 0) is 38.8 Å². The van der Waals surface area contributed by atoms with Crippen molar-refractivity contribution >= 4 is 6.09 Å². The van der Waals surface area contributed by atoms with Gasteiger partial charge in [-0.1, -0.05) is 24.3 Å². The lowest BCUT2D eigenvalue weighted by Crippen LogP contribution is -2.49. The number of aryl methyl sites for hydroxylation is 1. The molecule has 1 saturated heterocycles. The first-order valence-electron chi connectivity index (χ1n) is 7.13. The van der Waals surface area contributed by atoms with Crippen LogP contribution in [0.2, 0.25) is 0 Å². The van der Waals surface area contributed by atoms with Gasteiger partial charge in [-0.3, -0.25) is 0 Å². The molecule has 1 amide bonds. The second-order valence-electron chi connectivity index (χ2n) is 6.29. The summed E-state index contributed by atoms with van der Waals surface area (Å²) in [6.45, 7) is 9.92. The van der Waals surface area contributed by atoms with E-state index in [1.807, 2.05) is 32.9 Å². The first-order chi connectivity index (χ1) is 9.37. The van der Waals surface area contributed by atoms with Gasteiger partial charge < -0.3 is 15.0 Å². The van der Waals surface area contributed by atoms with Crippen molar-refractivity contribution in [3.8, 4) is 0 Å². The van der Waals surface area contributed by atoms with Gasteiger partial charge in [-0.15, -0.1) is 0 Å². The van der Waals surface area contributed by atoms with Crippen molar-refractivity contribution in [3.63, 3.8) is 0 Å². The zero-order valence-electron chi connectivity index (χ0n) is 12.8. The Morgan fingerprint density at radius 1 is 1.35 bits per heavy atom. The third-order valence-corrected chi connectivity index (χ3v) is 3.39. The second-order valence-corrected chi connectivity index (χ2v) is 6.29. The molecular weight excluding hydrogens is 252 g/mol. The molecule has 4 nitrogen and oxygen atoms in total. The second kappa shape index (κ2) is 5.83. The maximum atomic E-state index is 12.2. The summed E-state index contributed by atoms with van der Waals surface area (Å²) in [4.78, 5) is 13.9. The van der Waals surface area contributed by atoms with E-state index in [0.717, 1.165) is 6.54 Å². The number of nitrogens with zero attached hydrogens (tertiary/aromatic N) is 1. The number of benzene rings is 1. The number of hydrogen-bond donors (Lipinski definition) is 1. The van der Waals surface area contributed by atoms with E-state index < -0.39 is 5.60 Å². The van der Waals surface area contributed by atoms with Crippen LogP contribution < -0.4 is 5.32 Å². The first kappa shape index (κ1) is 14.9. The molecule has 4 heteroatoms. The maximum absolute atomic E-state index is 12.2. The molecule has 0 saturated carbocycles. The van der Waals surface area contributed by atoms with E-state index in [9.17, 15) is 4.79 Å². The Labute approximate surface area is 121 Å². The summed E-state index contributed by atoms with van der Waals surface area (Å²) in [5, 5.41) is 3.47. The Bertz CT molecular complexity index is 480. The lowest BCUT2D eigenvalue weighted by molar-refractivity contribution is 0.0195. The molecule has 1 aliphatic rings. The van der Waals surface area contributed by atoms with E-state index in [-0.39, 0.29) is 12.1 Å². The third-order valence-electron chi connectivity index (χ3n) is 3.39. The Hall–Kier alpha value is -1.55. The minimum absolute atomic E-state index is 0.178. The molecule has 0 aromatic heterocycles. The summed E-state index contributed by atoms with van der Waals surface area (Å²) < 4.78 is 5.45. The molecular formula is C16H24N2O2. The topological polar surface area (TPSA) is 41.6 Å². The van der Waals surface area contributed by atoms with E-state index in [2.05, 4.69) is 24.4 Å². The van der Waals surface area contributed by atoms with Gasteiger partial charge in [-0.2, -0.15) is 0 Å². The summed E-state index contributed by atoms with van der Waals surface area (Å²) in [6.07, 6.45) is -0.224. The highest BCUT2D eigenvalue weighted by atomic mass is 16.6. The van der Waals surface area contributed by atoms with E-state index in [1.165, 1.54) is 11.1 Å². The molecule has 1 heterocycles. The fraction of sp³-hybridized carbons (Fsp3) is 0.562. The van der Waals surface area contributed by atoms with Crippen molar-refractivity contribution in [1.82, 2.24) is 10.2 Å². The van der Waals surface area contributed by atoms with Crippen LogP contribution in [0.15, 0.2) is 24.3 Å². The lowest BCUT2D eigenvalue weighted by Gasteiger charge is -2.35. The molecule has 1 aromatic rings. The average molecular weight is 276 g/mol. The summed E-state index contributed by atoms with van der Waals surface area (Å²) in [5.41, 5.74) is 2.05. The molecule has 110 valence electrons. The molecule has 0 unspecified atom stereocenters. The number of carbonyl (C=O) groups is 1. The predicted molar refractivity (Wildman–Crippen MR) is 79.7 cm³/mol. The summed E-state index contributed by atoms with van der Waals surface area (Å²) in [5.74, 6) is 0. The highest BCUT2D eigenvalue weighted by Gasteiger charge is 2.28. The van der Waals surface area contributed by atoms with Gasteiger partial charge in [0.2, 0.25) is 0 Å². The highest BCUT2D eigenvalue weighted by Crippen LogP contribution is 2.21. The minimum Gasteiger partial charge on any atom is -0.444 e. The maximum Gasteiger partial charge on any atom is 0.410 e. The summed E-state index contributed by atoms with van der Waals surface area (Å²) in [6, 6.07) is 8.47. The molecule has 0 radical (unpaired) electrons. The predicted octanol–water partition coefficient (Wildman–Crippen LogP) is 2.88.